The summed E-state index contributed by atoms with van der Waals surface area (Å²) < 4.78 is 0. The molecule has 1 rings (SSSR count). The van der Waals surface area contributed by atoms with E-state index in [9.17, 15) is 4.79 Å². The highest BCUT2D eigenvalue weighted by atomic mass is 16.2. The van der Waals surface area contributed by atoms with Crippen LogP contribution in [0.15, 0.2) is 0 Å². The summed E-state index contributed by atoms with van der Waals surface area (Å²) in [6, 6.07) is 0.747. The van der Waals surface area contributed by atoms with Gasteiger partial charge in [0.15, 0.2) is 0 Å². The third kappa shape index (κ3) is 4.49. The molecular weight excluding hydrogens is 202 g/mol. The van der Waals surface area contributed by atoms with Crippen LogP contribution in [0.3, 0.4) is 0 Å². The van der Waals surface area contributed by atoms with Crippen LogP contribution in [-0.2, 0) is 4.79 Å². The molecule has 2 unspecified atom stereocenters. The summed E-state index contributed by atoms with van der Waals surface area (Å²) in [6.07, 6.45) is 0. The number of nitrogens with one attached hydrogen (secondary N) is 2. The Morgan fingerprint density at radius 3 is 2.75 bits per heavy atom. The highest BCUT2D eigenvalue weighted by Gasteiger charge is 2.19. The summed E-state index contributed by atoms with van der Waals surface area (Å²) in [7, 11) is 0. The first-order valence-electron chi connectivity index (χ1n) is 6.24. The summed E-state index contributed by atoms with van der Waals surface area (Å²) in [6.45, 7) is 11.9. The van der Waals surface area contributed by atoms with Gasteiger partial charge in [0, 0.05) is 31.7 Å². The van der Waals surface area contributed by atoms with Crippen LogP contribution in [-0.4, -0.2) is 49.1 Å². The molecule has 0 aliphatic carbocycles. The largest absolute Gasteiger partial charge is 0.352 e. The van der Waals surface area contributed by atoms with Gasteiger partial charge in [-0.15, -0.1) is 0 Å². The third-order valence-electron chi connectivity index (χ3n) is 3.21. The van der Waals surface area contributed by atoms with Crippen LogP contribution in [0.5, 0.6) is 0 Å². The molecule has 4 heteroatoms. The molecule has 1 amide bonds. The highest BCUT2D eigenvalue weighted by Crippen LogP contribution is 2.01. The van der Waals surface area contributed by atoms with Crippen molar-refractivity contribution in [1.29, 1.82) is 0 Å². The number of hydrogen-bond donors (Lipinski definition) is 2. The zero-order valence-electron chi connectivity index (χ0n) is 10.9. The lowest BCUT2D eigenvalue weighted by atomic mass is 10.1. The van der Waals surface area contributed by atoms with Gasteiger partial charge in [0.25, 0.3) is 0 Å². The van der Waals surface area contributed by atoms with E-state index < -0.39 is 0 Å². The molecule has 0 spiro atoms. The zero-order valence-corrected chi connectivity index (χ0v) is 10.9. The molecule has 1 heterocycles. The molecule has 0 radical (unpaired) electrons. The Bertz CT molecular complexity index is 230. The normalized spacial score (nSPS) is 24.4. The standard InChI is InChI=1S/C12H25N3O/c1-9(2)11(4)14-12(16)8-15-6-5-13-10(3)7-15/h9-11,13H,5-8H2,1-4H3,(H,14,16). The number of nitrogens with zero attached hydrogens (tertiary/aromatic N) is 1. The summed E-state index contributed by atoms with van der Waals surface area (Å²) in [5, 5.41) is 6.41. The van der Waals surface area contributed by atoms with Crippen molar-refractivity contribution in [3.05, 3.63) is 0 Å². The van der Waals surface area contributed by atoms with Crippen molar-refractivity contribution in [2.24, 2.45) is 5.92 Å². The Morgan fingerprint density at radius 2 is 2.19 bits per heavy atom. The maximum absolute atomic E-state index is 11.8. The van der Waals surface area contributed by atoms with Crippen molar-refractivity contribution in [3.63, 3.8) is 0 Å². The molecule has 16 heavy (non-hydrogen) atoms. The highest BCUT2D eigenvalue weighted by molar-refractivity contribution is 5.78. The summed E-state index contributed by atoms with van der Waals surface area (Å²) in [5.41, 5.74) is 0. The molecule has 4 nitrogen and oxygen atoms in total. The fraction of sp³-hybridized carbons (Fsp3) is 0.917. The third-order valence-corrected chi connectivity index (χ3v) is 3.21. The molecular formula is C12H25N3O. The van der Waals surface area contributed by atoms with E-state index in [0.717, 1.165) is 19.6 Å². The maximum atomic E-state index is 11.8. The van der Waals surface area contributed by atoms with Crippen molar-refractivity contribution >= 4 is 5.91 Å². The van der Waals surface area contributed by atoms with E-state index in [1.54, 1.807) is 0 Å². The second kappa shape index (κ2) is 6.21. The monoisotopic (exact) mass is 227 g/mol. The molecule has 1 saturated heterocycles. The molecule has 2 atom stereocenters. The Morgan fingerprint density at radius 1 is 1.50 bits per heavy atom. The van der Waals surface area contributed by atoms with Crippen molar-refractivity contribution in [3.8, 4) is 0 Å². The van der Waals surface area contributed by atoms with Crippen molar-refractivity contribution in [1.82, 2.24) is 15.5 Å². The lowest BCUT2D eigenvalue weighted by Gasteiger charge is -2.31. The molecule has 2 N–H and O–H groups in total. The number of carbonyl (C=O) groups excluding carboxylic acids is 1. The van der Waals surface area contributed by atoms with Crippen molar-refractivity contribution in [2.45, 2.75) is 39.8 Å². The predicted molar refractivity (Wildman–Crippen MR) is 66.3 cm³/mol. The van der Waals surface area contributed by atoms with Gasteiger partial charge in [-0.2, -0.15) is 0 Å². The van der Waals surface area contributed by atoms with Crippen molar-refractivity contribution < 1.29 is 4.79 Å². The molecule has 1 aliphatic heterocycles. The molecule has 0 aromatic rings. The van der Waals surface area contributed by atoms with Crippen LogP contribution < -0.4 is 10.6 Å². The van der Waals surface area contributed by atoms with Crippen LogP contribution in [0.1, 0.15) is 27.7 Å². The Labute approximate surface area is 98.8 Å². The number of piperazine rings is 1. The lowest BCUT2D eigenvalue weighted by molar-refractivity contribution is -0.123. The van der Waals surface area contributed by atoms with Crippen LogP contribution in [0.4, 0.5) is 0 Å². The van der Waals surface area contributed by atoms with Crippen LogP contribution in [0.25, 0.3) is 0 Å². The topological polar surface area (TPSA) is 44.4 Å². The fourth-order valence-electron chi connectivity index (χ4n) is 1.83. The number of rotatable bonds is 4. The maximum Gasteiger partial charge on any atom is 0.234 e. The van der Waals surface area contributed by atoms with Gasteiger partial charge in [-0.05, 0) is 19.8 Å². The van der Waals surface area contributed by atoms with E-state index in [-0.39, 0.29) is 11.9 Å². The lowest BCUT2D eigenvalue weighted by Crippen LogP contribution is -2.52. The first-order chi connectivity index (χ1) is 7.49. The van der Waals surface area contributed by atoms with Crippen molar-refractivity contribution in [2.75, 3.05) is 26.2 Å². The minimum Gasteiger partial charge on any atom is -0.352 e. The minimum absolute atomic E-state index is 0.148. The Balaban J connectivity index is 2.28. The van der Waals surface area contributed by atoms with Gasteiger partial charge in [-0.1, -0.05) is 13.8 Å². The number of carbonyl (C=O) groups is 1. The van der Waals surface area contributed by atoms with Gasteiger partial charge < -0.3 is 10.6 Å². The zero-order chi connectivity index (χ0) is 12.1. The van der Waals surface area contributed by atoms with Crippen LogP contribution in [0, 0.1) is 5.92 Å². The molecule has 0 saturated carbocycles. The quantitative estimate of drug-likeness (QED) is 0.732. The van der Waals surface area contributed by atoms with E-state index in [2.05, 4.69) is 43.2 Å². The molecule has 0 aromatic carbocycles. The van der Waals surface area contributed by atoms with Gasteiger partial charge in [0.1, 0.15) is 0 Å². The first-order valence-corrected chi connectivity index (χ1v) is 6.24. The predicted octanol–water partition coefficient (Wildman–Crippen LogP) is 0.441. The average Bonchev–Trinajstić information content (AvgIpc) is 2.16. The van der Waals surface area contributed by atoms with Gasteiger partial charge in [0.05, 0.1) is 6.54 Å². The second-order valence-electron chi connectivity index (χ2n) is 5.19. The molecule has 0 bridgehead atoms. The van der Waals surface area contributed by atoms with Gasteiger partial charge in [0.2, 0.25) is 5.91 Å². The van der Waals surface area contributed by atoms with E-state index >= 15 is 0 Å². The van der Waals surface area contributed by atoms with E-state index in [4.69, 9.17) is 0 Å². The van der Waals surface area contributed by atoms with Gasteiger partial charge in [-0.25, -0.2) is 0 Å². The summed E-state index contributed by atoms with van der Waals surface area (Å²) in [4.78, 5) is 14.0. The SMILES string of the molecule is CC1CN(CC(=O)NC(C)C(C)C)CCN1. The smallest absolute Gasteiger partial charge is 0.234 e. The van der Waals surface area contributed by atoms with Crippen LogP contribution in [0.2, 0.25) is 0 Å². The molecule has 0 aromatic heterocycles. The first kappa shape index (κ1) is 13.5. The number of amides is 1. The van der Waals surface area contributed by atoms with E-state index in [1.807, 2.05) is 0 Å². The minimum atomic E-state index is 0.148. The number of hydrogen-bond acceptors (Lipinski definition) is 3. The van der Waals surface area contributed by atoms with Crippen LogP contribution >= 0.6 is 0 Å². The molecule has 1 aliphatic rings. The second-order valence-corrected chi connectivity index (χ2v) is 5.19. The van der Waals surface area contributed by atoms with Gasteiger partial charge >= 0.3 is 0 Å². The summed E-state index contributed by atoms with van der Waals surface area (Å²) >= 11 is 0. The van der Waals surface area contributed by atoms with E-state index in [1.165, 1.54) is 0 Å². The van der Waals surface area contributed by atoms with E-state index in [0.29, 0.717) is 18.5 Å². The molecule has 1 fully saturated rings. The average molecular weight is 227 g/mol. The Kier molecular flexibility index (Phi) is 5.22. The fourth-order valence-corrected chi connectivity index (χ4v) is 1.83. The Hall–Kier alpha value is -0.610. The summed E-state index contributed by atoms with van der Waals surface area (Å²) in [5.74, 6) is 0.640. The molecule has 94 valence electrons. The van der Waals surface area contributed by atoms with Gasteiger partial charge in [-0.3, -0.25) is 9.69 Å².